The monoisotopic (exact) mass is 326 g/mol. The average molecular weight is 326 g/mol. The van der Waals surface area contributed by atoms with Gasteiger partial charge in [-0.3, -0.25) is 4.79 Å². The van der Waals surface area contributed by atoms with E-state index in [1.54, 1.807) is 13.8 Å². The number of alkyl halides is 5. The van der Waals surface area contributed by atoms with Crippen molar-refractivity contribution in [3.05, 3.63) is 12.2 Å². The van der Waals surface area contributed by atoms with Crippen molar-refractivity contribution in [1.29, 1.82) is 0 Å². The van der Waals surface area contributed by atoms with Gasteiger partial charge in [0, 0.05) is 5.92 Å². The minimum atomic E-state index is -5.20. The van der Waals surface area contributed by atoms with E-state index in [0.29, 0.717) is 0 Å². The van der Waals surface area contributed by atoms with Crippen LogP contribution in [0.3, 0.4) is 0 Å². The molecule has 0 spiro atoms. The Bertz CT molecular complexity index is 483. The highest BCUT2D eigenvalue weighted by Gasteiger charge is 2.81. The van der Waals surface area contributed by atoms with Crippen molar-refractivity contribution in [2.45, 2.75) is 39.3 Å². The van der Waals surface area contributed by atoms with Gasteiger partial charge in [-0.1, -0.05) is 32.9 Å². The fourth-order valence-electron chi connectivity index (χ4n) is 3.67. The molecule has 2 aliphatic carbocycles. The summed E-state index contributed by atoms with van der Waals surface area (Å²) in [5, 5.41) is 0. The SMILES string of the molecule is CC(C)COC(=O)C(C)C1(C(F)(F)F)C2C=CC(C2)C1(F)F. The quantitative estimate of drug-likeness (QED) is 0.439. The van der Waals surface area contributed by atoms with E-state index < -0.39 is 41.2 Å². The first-order chi connectivity index (χ1) is 9.96. The molecule has 0 aromatic heterocycles. The first kappa shape index (κ1) is 17.2. The molecular weight excluding hydrogens is 307 g/mol. The fourth-order valence-corrected chi connectivity index (χ4v) is 3.67. The molecule has 22 heavy (non-hydrogen) atoms. The van der Waals surface area contributed by atoms with Crippen LogP contribution in [-0.4, -0.2) is 24.7 Å². The van der Waals surface area contributed by atoms with Gasteiger partial charge in [-0.2, -0.15) is 13.2 Å². The number of fused-ring (bicyclic) bond motifs is 2. The van der Waals surface area contributed by atoms with Gasteiger partial charge in [-0.25, -0.2) is 8.78 Å². The lowest BCUT2D eigenvalue weighted by Gasteiger charge is -2.45. The van der Waals surface area contributed by atoms with E-state index in [-0.39, 0.29) is 18.9 Å². The smallest absolute Gasteiger partial charge is 0.401 e. The number of ether oxygens (including phenoxy) is 1. The van der Waals surface area contributed by atoms with Crippen LogP contribution < -0.4 is 0 Å². The molecule has 0 saturated heterocycles. The highest BCUT2D eigenvalue weighted by atomic mass is 19.4. The van der Waals surface area contributed by atoms with Gasteiger partial charge >= 0.3 is 12.1 Å². The second-order valence-corrected chi connectivity index (χ2v) is 6.57. The predicted molar refractivity (Wildman–Crippen MR) is 69.1 cm³/mol. The number of hydrogen-bond acceptors (Lipinski definition) is 2. The number of hydrogen-bond donors (Lipinski definition) is 0. The maximum atomic E-state index is 14.5. The van der Waals surface area contributed by atoms with Crippen molar-refractivity contribution in [2.24, 2.45) is 29.1 Å². The Morgan fingerprint density at radius 1 is 1.23 bits per heavy atom. The third-order valence-corrected chi connectivity index (χ3v) is 4.75. The Morgan fingerprint density at radius 3 is 2.18 bits per heavy atom. The van der Waals surface area contributed by atoms with E-state index in [2.05, 4.69) is 0 Å². The molecular formula is C15H19F5O2. The van der Waals surface area contributed by atoms with Gasteiger partial charge in [0.2, 0.25) is 0 Å². The van der Waals surface area contributed by atoms with E-state index in [1.807, 2.05) is 0 Å². The molecule has 4 atom stereocenters. The summed E-state index contributed by atoms with van der Waals surface area (Å²) in [6, 6.07) is 0. The predicted octanol–water partition coefficient (Wildman–Crippen LogP) is 4.21. The topological polar surface area (TPSA) is 26.3 Å². The van der Waals surface area contributed by atoms with Gasteiger partial charge in [-0.15, -0.1) is 0 Å². The summed E-state index contributed by atoms with van der Waals surface area (Å²) in [6.07, 6.45) is -3.19. The van der Waals surface area contributed by atoms with Crippen LogP contribution in [0.25, 0.3) is 0 Å². The summed E-state index contributed by atoms with van der Waals surface area (Å²) < 4.78 is 74.7. The van der Waals surface area contributed by atoms with E-state index >= 15 is 0 Å². The zero-order chi connectivity index (χ0) is 16.9. The molecule has 4 unspecified atom stereocenters. The van der Waals surface area contributed by atoms with E-state index in [0.717, 1.165) is 13.0 Å². The minimum absolute atomic E-state index is 0.0848. The standard InChI is InChI=1S/C15H19F5O2/c1-8(2)7-22-12(21)9(3)13(15(18,19)20)10-4-5-11(6-10)14(13,16)17/h4-5,8-11H,6-7H2,1-3H3. The normalized spacial score (nSPS) is 34.2. The minimum Gasteiger partial charge on any atom is -0.465 e. The maximum Gasteiger partial charge on any atom is 0.401 e. The Labute approximate surface area is 125 Å². The molecule has 0 N–H and O–H groups in total. The van der Waals surface area contributed by atoms with Crippen LogP contribution >= 0.6 is 0 Å². The summed E-state index contributed by atoms with van der Waals surface area (Å²) in [5.74, 6) is -10.1. The van der Waals surface area contributed by atoms with E-state index in [1.165, 1.54) is 6.08 Å². The van der Waals surface area contributed by atoms with Crippen molar-refractivity contribution < 1.29 is 31.5 Å². The first-order valence-electron chi connectivity index (χ1n) is 7.25. The fraction of sp³-hybridized carbons (Fsp3) is 0.800. The molecule has 7 heteroatoms. The molecule has 0 aliphatic heterocycles. The summed E-state index contributed by atoms with van der Waals surface area (Å²) in [6.45, 7) is 4.24. The van der Waals surface area contributed by atoms with Gasteiger partial charge in [0.15, 0.2) is 0 Å². The molecule has 1 fully saturated rings. The zero-order valence-electron chi connectivity index (χ0n) is 12.6. The molecule has 0 aromatic rings. The second-order valence-electron chi connectivity index (χ2n) is 6.57. The van der Waals surface area contributed by atoms with E-state index in [9.17, 15) is 26.7 Å². The summed E-state index contributed by atoms with van der Waals surface area (Å²) in [4.78, 5) is 12.0. The third-order valence-electron chi connectivity index (χ3n) is 4.75. The van der Waals surface area contributed by atoms with Gasteiger partial charge in [0.1, 0.15) is 5.41 Å². The molecule has 2 bridgehead atoms. The van der Waals surface area contributed by atoms with Crippen LogP contribution in [0.5, 0.6) is 0 Å². The van der Waals surface area contributed by atoms with Crippen molar-refractivity contribution in [1.82, 2.24) is 0 Å². The maximum absolute atomic E-state index is 14.5. The largest absolute Gasteiger partial charge is 0.465 e. The third kappa shape index (κ3) is 2.15. The highest BCUT2D eigenvalue weighted by molar-refractivity contribution is 5.74. The van der Waals surface area contributed by atoms with Crippen molar-refractivity contribution in [2.75, 3.05) is 6.61 Å². The first-order valence-corrected chi connectivity index (χ1v) is 7.25. The molecule has 2 nitrogen and oxygen atoms in total. The van der Waals surface area contributed by atoms with Crippen LogP contribution in [0, 0.1) is 29.1 Å². The molecule has 2 rings (SSSR count). The van der Waals surface area contributed by atoms with Gasteiger partial charge < -0.3 is 4.74 Å². The highest BCUT2D eigenvalue weighted by Crippen LogP contribution is 2.70. The van der Waals surface area contributed by atoms with Crippen molar-refractivity contribution in [3.63, 3.8) is 0 Å². The summed E-state index contributed by atoms with van der Waals surface area (Å²) in [7, 11) is 0. The molecule has 2 aliphatic rings. The lowest BCUT2D eigenvalue weighted by atomic mass is 9.64. The summed E-state index contributed by atoms with van der Waals surface area (Å²) >= 11 is 0. The Balaban J connectivity index is 2.40. The number of halogens is 5. The van der Waals surface area contributed by atoms with Gasteiger partial charge in [-0.05, 0) is 18.3 Å². The Hall–Kier alpha value is -1.14. The molecule has 0 radical (unpaired) electrons. The van der Waals surface area contributed by atoms with Crippen LogP contribution in [0.15, 0.2) is 12.2 Å². The molecule has 0 heterocycles. The van der Waals surface area contributed by atoms with Crippen LogP contribution in [0.2, 0.25) is 0 Å². The molecule has 0 amide bonds. The number of carbonyl (C=O) groups is 1. The second kappa shape index (κ2) is 5.20. The van der Waals surface area contributed by atoms with Gasteiger partial charge in [0.05, 0.1) is 12.5 Å². The lowest BCUT2D eigenvalue weighted by molar-refractivity contribution is -0.320. The number of rotatable bonds is 4. The van der Waals surface area contributed by atoms with Crippen molar-refractivity contribution in [3.8, 4) is 0 Å². The van der Waals surface area contributed by atoms with Crippen LogP contribution in [0.1, 0.15) is 27.2 Å². The average Bonchev–Trinajstić information content (AvgIpc) is 2.91. The molecule has 1 saturated carbocycles. The zero-order valence-corrected chi connectivity index (χ0v) is 12.6. The number of esters is 1. The van der Waals surface area contributed by atoms with Crippen LogP contribution in [-0.2, 0) is 9.53 Å². The molecule has 126 valence electrons. The Morgan fingerprint density at radius 2 is 1.77 bits per heavy atom. The van der Waals surface area contributed by atoms with Gasteiger partial charge in [0.25, 0.3) is 5.92 Å². The van der Waals surface area contributed by atoms with Crippen LogP contribution in [0.4, 0.5) is 22.0 Å². The van der Waals surface area contributed by atoms with Crippen molar-refractivity contribution >= 4 is 5.97 Å². The number of carbonyl (C=O) groups excluding carboxylic acids is 1. The Kier molecular flexibility index (Phi) is 4.07. The lowest BCUT2D eigenvalue weighted by Crippen LogP contribution is -2.60. The number of allylic oxidation sites excluding steroid dienone is 2. The van der Waals surface area contributed by atoms with E-state index in [4.69, 9.17) is 4.74 Å². The summed E-state index contributed by atoms with van der Waals surface area (Å²) in [5.41, 5.74) is -3.38. The molecule has 0 aromatic carbocycles.